The van der Waals surface area contributed by atoms with Crippen LogP contribution in [0.15, 0.2) is 29.4 Å². The van der Waals surface area contributed by atoms with Crippen LogP contribution in [0.5, 0.6) is 0 Å². The van der Waals surface area contributed by atoms with Gasteiger partial charge in [-0.15, -0.1) is 0 Å². The van der Waals surface area contributed by atoms with Gasteiger partial charge >= 0.3 is 0 Å². The molecule has 0 atom stereocenters. The number of rotatable bonds is 5. The summed E-state index contributed by atoms with van der Waals surface area (Å²) < 4.78 is 0. The number of aryl methyl sites for hydroxylation is 2. The number of amides is 1. The van der Waals surface area contributed by atoms with Crippen LogP contribution in [0.25, 0.3) is 0 Å². The SMILES string of the molecule is Cc1cc(C)nc(SCC(=O)Nc2cc(Cl)ccc2N2CCN(C)CC2)n1. The van der Waals surface area contributed by atoms with Gasteiger partial charge < -0.3 is 15.1 Å². The molecule has 1 fully saturated rings. The smallest absolute Gasteiger partial charge is 0.234 e. The van der Waals surface area contributed by atoms with Gasteiger partial charge in [-0.25, -0.2) is 9.97 Å². The van der Waals surface area contributed by atoms with Gasteiger partial charge in [0.25, 0.3) is 0 Å². The lowest BCUT2D eigenvalue weighted by atomic mass is 10.2. The highest BCUT2D eigenvalue weighted by Gasteiger charge is 2.18. The third kappa shape index (κ3) is 5.57. The van der Waals surface area contributed by atoms with Gasteiger partial charge in [0.1, 0.15) is 0 Å². The number of carbonyl (C=O) groups is 1. The summed E-state index contributed by atoms with van der Waals surface area (Å²) >= 11 is 7.50. The van der Waals surface area contributed by atoms with Gasteiger partial charge in [0.05, 0.1) is 17.1 Å². The number of likely N-dealkylation sites (N-methyl/N-ethyl adjacent to an activating group) is 1. The lowest BCUT2D eigenvalue weighted by Gasteiger charge is -2.35. The second-order valence-corrected chi connectivity index (χ2v) is 8.10. The van der Waals surface area contributed by atoms with E-state index in [2.05, 4.69) is 32.1 Å². The maximum absolute atomic E-state index is 12.5. The molecule has 1 N–H and O–H groups in total. The Bertz CT molecular complexity index is 803. The first kappa shape index (κ1) is 19.9. The Hall–Kier alpha value is -1.83. The predicted octanol–water partition coefficient (Wildman–Crippen LogP) is 3.23. The first-order valence-corrected chi connectivity index (χ1v) is 10.2. The van der Waals surface area contributed by atoms with E-state index in [0.717, 1.165) is 48.9 Å². The maximum atomic E-state index is 12.5. The largest absolute Gasteiger partial charge is 0.367 e. The number of hydrogen-bond acceptors (Lipinski definition) is 6. The Morgan fingerprint density at radius 2 is 1.81 bits per heavy atom. The summed E-state index contributed by atoms with van der Waals surface area (Å²) in [4.78, 5) is 25.8. The lowest BCUT2D eigenvalue weighted by Crippen LogP contribution is -2.44. The highest BCUT2D eigenvalue weighted by atomic mass is 35.5. The number of thioether (sulfide) groups is 1. The number of aromatic nitrogens is 2. The van der Waals surface area contributed by atoms with Crippen LogP contribution in [0.2, 0.25) is 5.02 Å². The van der Waals surface area contributed by atoms with Crippen molar-refractivity contribution in [3.05, 3.63) is 40.7 Å². The zero-order valence-electron chi connectivity index (χ0n) is 15.8. The number of anilines is 2. The Morgan fingerprint density at radius 3 is 2.48 bits per heavy atom. The molecule has 1 saturated heterocycles. The molecular formula is C19H24ClN5OS. The first-order chi connectivity index (χ1) is 12.9. The van der Waals surface area contributed by atoms with E-state index in [4.69, 9.17) is 11.6 Å². The molecular weight excluding hydrogens is 382 g/mol. The second kappa shape index (κ2) is 8.91. The molecule has 1 aliphatic heterocycles. The van der Waals surface area contributed by atoms with Crippen molar-refractivity contribution in [3.8, 4) is 0 Å². The molecule has 0 unspecified atom stereocenters. The third-order valence-electron chi connectivity index (χ3n) is 4.37. The molecule has 0 bridgehead atoms. The van der Waals surface area contributed by atoms with Crippen LogP contribution < -0.4 is 10.2 Å². The van der Waals surface area contributed by atoms with Gasteiger partial charge in [0.15, 0.2) is 5.16 Å². The van der Waals surface area contributed by atoms with Crippen molar-refractivity contribution in [3.63, 3.8) is 0 Å². The van der Waals surface area contributed by atoms with Crippen molar-refractivity contribution >= 4 is 40.6 Å². The van der Waals surface area contributed by atoms with Crippen LogP contribution >= 0.6 is 23.4 Å². The molecule has 1 aliphatic rings. The van der Waals surface area contributed by atoms with Gasteiger partial charge in [-0.1, -0.05) is 23.4 Å². The molecule has 0 spiro atoms. The molecule has 1 aromatic carbocycles. The second-order valence-electron chi connectivity index (χ2n) is 6.72. The fraction of sp³-hybridized carbons (Fsp3) is 0.421. The van der Waals surface area contributed by atoms with E-state index in [1.165, 1.54) is 11.8 Å². The molecule has 27 heavy (non-hydrogen) atoms. The third-order valence-corrected chi connectivity index (χ3v) is 5.45. The average Bonchev–Trinajstić information content (AvgIpc) is 2.60. The number of carbonyl (C=O) groups excluding carboxylic acids is 1. The molecule has 6 nitrogen and oxygen atoms in total. The molecule has 3 rings (SSSR count). The number of benzene rings is 1. The zero-order chi connectivity index (χ0) is 19.4. The zero-order valence-corrected chi connectivity index (χ0v) is 17.4. The van der Waals surface area contributed by atoms with Gasteiger partial charge in [-0.3, -0.25) is 4.79 Å². The summed E-state index contributed by atoms with van der Waals surface area (Å²) in [6.07, 6.45) is 0. The number of hydrogen-bond donors (Lipinski definition) is 1. The van der Waals surface area contributed by atoms with Crippen molar-refractivity contribution in [2.24, 2.45) is 0 Å². The summed E-state index contributed by atoms with van der Waals surface area (Å²) in [5.41, 5.74) is 3.56. The van der Waals surface area contributed by atoms with E-state index in [0.29, 0.717) is 10.2 Å². The van der Waals surface area contributed by atoms with Gasteiger partial charge in [0.2, 0.25) is 5.91 Å². The number of halogens is 1. The number of nitrogens with zero attached hydrogens (tertiary/aromatic N) is 4. The minimum atomic E-state index is -0.0968. The van der Waals surface area contributed by atoms with Gasteiger partial charge in [-0.2, -0.15) is 0 Å². The highest BCUT2D eigenvalue weighted by molar-refractivity contribution is 7.99. The van der Waals surface area contributed by atoms with Crippen molar-refractivity contribution in [1.82, 2.24) is 14.9 Å². The minimum Gasteiger partial charge on any atom is -0.367 e. The van der Waals surface area contributed by atoms with E-state index < -0.39 is 0 Å². The van der Waals surface area contributed by atoms with Gasteiger partial charge in [0, 0.05) is 42.6 Å². The van der Waals surface area contributed by atoms with Crippen LogP contribution in [0, 0.1) is 13.8 Å². The Kier molecular flexibility index (Phi) is 6.57. The molecule has 0 radical (unpaired) electrons. The van der Waals surface area contributed by atoms with Crippen LogP contribution in [0.4, 0.5) is 11.4 Å². The average molecular weight is 406 g/mol. The molecule has 1 aromatic heterocycles. The molecule has 0 aliphatic carbocycles. The molecule has 0 saturated carbocycles. The van der Waals surface area contributed by atoms with Crippen LogP contribution in [0.3, 0.4) is 0 Å². The van der Waals surface area contributed by atoms with E-state index in [-0.39, 0.29) is 11.7 Å². The fourth-order valence-corrected chi connectivity index (χ4v) is 3.93. The topological polar surface area (TPSA) is 61.4 Å². The molecule has 2 aromatic rings. The van der Waals surface area contributed by atoms with Crippen molar-refractivity contribution in [2.75, 3.05) is 49.2 Å². The summed E-state index contributed by atoms with van der Waals surface area (Å²) in [7, 11) is 2.12. The van der Waals surface area contributed by atoms with Crippen LogP contribution in [0.1, 0.15) is 11.4 Å². The standard InChI is InChI=1S/C19H24ClN5OS/c1-13-10-14(2)22-19(21-13)27-12-18(26)23-16-11-15(20)4-5-17(16)25-8-6-24(3)7-9-25/h4-5,10-11H,6-9,12H2,1-3H3,(H,23,26). The molecule has 1 amide bonds. The minimum absolute atomic E-state index is 0.0968. The molecule has 2 heterocycles. The van der Waals surface area contributed by atoms with E-state index >= 15 is 0 Å². The predicted molar refractivity (Wildman–Crippen MR) is 112 cm³/mol. The van der Waals surface area contributed by atoms with Crippen LogP contribution in [-0.4, -0.2) is 59.8 Å². The number of piperazine rings is 1. The van der Waals surface area contributed by atoms with E-state index in [1.54, 1.807) is 0 Å². The van der Waals surface area contributed by atoms with Crippen molar-refractivity contribution < 1.29 is 4.79 Å². The number of nitrogens with one attached hydrogen (secondary N) is 1. The van der Waals surface area contributed by atoms with Crippen molar-refractivity contribution in [2.45, 2.75) is 19.0 Å². The maximum Gasteiger partial charge on any atom is 0.234 e. The Labute approximate surface area is 169 Å². The summed E-state index contributed by atoms with van der Waals surface area (Å²) in [6.45, 7) is 7.68. The Morgan fingerprint density at radius 1 is 1.15 bits per heavy atom. The summed E-state index contributed by atoms with van der Waals surface area (Å²) in [5, 5.41) is 4.23. The summed E-state index contributed by atoms with van der Waals surface area (Å²) in [6, 6.07) is 7.57. The fourth-order valence-electron chi connectivity index (χ4n) is 3.01. The quantitative estimate of drug-likeness (QED) is 0.608. The first-order valence-electron chi connectivity index (χ1n) is 8.89. The van der Waals surface area contributed by atoms with Gasteiger partial charge in [-0.05, 0) is 45.2 Å². The van der Waals surface area contributed by atoms with Crippen LogP contribution in [-0.2, 0) is 4.79 Å². The molecule has 8 heteroatoms. The van der Waals surface area contributed by atoms with E-state index in [1.807, 2.05) is 38.1 Å². The normalized spacial score (nSPS) is 15.0. The highest BCUT2D eigenvalue weighted by Crippen LogP contribution is 2.30. The van der Waals surface area contributed by atoms with E-state index in [9.17, 15) is 4.79 Å². The Balaban J connectivity index is 1.67. The monoisotopic (exact) mass is 405 g/mol. The summed E-state index contributed by atoms with van der Waals surface area (Å²) in [5.74, 6) is 0.151. The lowest BCUT2D eigenvalue weighted by molar-refractivity contribution is -0.113. The molecule has 144 valence electrons. The van der Waals surface area contributed by atoms with Crippen molar-refractivity contribution in [1.29, 1.82) is 0 Å².